The van der Waals surface area contributed by atoms with Crippen LogP contribution in [0.5, 0.6) is 0 Å². The molecule has 4 nitrogen and oxygen atoms in total. The monoisotopic (exact) mass is 282 g/mol. The van der Waals surface area contributed by atoms with Crippen LogP contribution in [-0.4, -0.2) is 45.2 Å². The molecule has 0 spiro atoms. The van der Waals surface area contributed by atoms with E-state index in [9.17, 15) is 0 Å². The molecular formula is C11H30O4Si2. The summed E-state index contributed by atoms with van der Waals surface area (Å²) in [6.07, 6.45) is 0.446. The highest BCUT2D eigenvalue weighted by Gasteiger charge is 2.37. The first-order valence-corrected chi connectivity index (χ1v) is 9.21. The molecule has 0 aromatic heterocycles. The summed E-state index contributed by atoms with van der Waals surface area (Å²) in [4.78, 5) is 0. The van der Waals surface area contributed by atoms with Crippen molar-refractivity contribution < 1.29 is 17.7 Å². The van der Waals surface area contributed by atoms with Crippen molar-refractivity contribution in [1.82, 2.24) is 0 Å². The van der Waals surface area contributed by atoms with Gasteiger partial charge in [0.2, 0.25) is 0 Å². The van der Waals surface area contributed by atoms with Gasteiger partial charge < -0.3 is 17.7 Å². The van der Waals surface area contributed by atoms with Crippen molar-refractivity contribution in [1.29, 1.82) is 0 Å². The van der Waals surface area contributed by atoms with E-state index in [1.54, 1.807) is 0 Å². The highest BCUT2D eigenvalue weighted by Crippen LogP contribution is 2.14. The number of hydrogen-bond acceptors (Lipinski definition) is 4. The first kappa shape index (κ1) is 19.6. The molecule has 0 heterocycles. The molecule has 0 aromatic carbocycles. The van der Waals surface area contributed by atoms with Gasteiger partial charge in [-0.05, 0) is 34.6 Å². The molecule has 106 valence electrons. The number of hydrogen-bond donors (Lipinski definition) is 0. The molecule has 17 heavy (non-hydrogen) atoms. The van der Waals surface area contributed by atoms with Gasteiger partial charge in [-0.3, -0.25) is 0 Å². The van der Waals surface area contributed by atoms with E-state index < -0.39 is 8.80 Å². The molecule has 0 saturated heterocycles. The Labute approximate surface area is 111 Å². The fourth-order valence-corrected chi connectivity index (χ4v) is 3.27. The molecular weight excluding hydrogens is 252 g/mol. The van der Waals surface area contributed by atoms with Crippen LogP contribution in [0.4, 0.5) is 0 Å². The van der Waals surface area contributed by atoms with Crippen molar-refractivity contribution in [3.63, 3.8) is 0 Å². The van der Waals surface area contributed by atoms with Crippen LogP contribution in [0.1, 0.15) is 41.5 Å². The van der Waals surface area contributed by atoms with Gasteiger partial charge in [-0.15, -0.1) is 0 Å². The summed E-state index contributed by atoms with van der Waals surface area (Å²) in [5.41, 5.74) is 0. The zero-order valence-electron chi connectivity index (χ0n) is 12.5. The van der Waals surface area contributed by atoms with Crippen LogP contribution in [-0.2, 0) is 17.7 Å². The van der Waals surface area contributed by atoms with Crippen molar-refractivity contribution in [3.05, 3.63) is 0 Å². The first-order chi connectivity index (χ1) is 8.01. The molecule has 0 aliphatic carbocycles. The van der Waals surface area contributed by atoms with E-state index in [-0.39, 0.29) is 0 Å². The smallest absolute Gasteiger partial charge is 0.426 e. The Balaban J connectivity index is 0. The van der Waals surface area contributed by atoms with Gasteiger partial charge in [0.05, 0.1) is 0 Å². The SMILES string of the molecule is CC(C)O[SiH3].CCO[Si](CC)(OCC)OCC. The lowest BCUT2D eigenvalue weighted by Gasteiger charge is -2.26. The van der Waals surface area contributed by atoms with E-state index in [1.807, 2.05) is 41.5 Å². The van der Waals surface area contributed by atoms with Gasteiger partial charge in [0.25, 0.3) is 0 Å². The standard InChI is InChI=1S/C8H20O3Si.C3H10OSi/c1-5-9-12(8-4,10-6-2)11-7-3;1-3(2)4-5/h5-8H2,1-4H3;3H,1-2,5H3. The molecule has 0 amide bonds. The van der Waals surface area contributed by atoms with E-state index in [4.69, 9.17) is 17.7 Å². The van der Waals surface area contributed by atoms with Crippen LogP contribution in [0.3, 0.4) is 0 Å². The Hall–Kier alpha value is 0.274. The molecule has 0 aromatic rings. The lowest BCUT2D eigenvalue weighted by atomic mass is 10.5. The maximum absolute atomic E-state index is 5.55. The Bertz CT molecular complexity index is 139. The Morgan fingerprint density at radius 3 is 1.29 bits per heavy atom. The fourth-order valence-electron chi connectivity index (χ4n) is 1.09. The van der Waals surface area contributed by atoms with Gasteiger partial charge in [0, 0.05) is 32.0 Å². The molecule has 0 unspecified atom stereocenters. The summed E-state index contributed by atoms with van der Waals surface area (Å²) in [7, 11) is -1.40. The summed E-state index contributed by atoms with van der Waals surface area (Å²) < 4.78 is 21.6. The normalized spacial score (nSPS) is 11.5. The third-order valence-electron chi connectivity index (χ3n) is 2.00. The largest absolute Gasteiger partial charge is 0.500 e. The minimum absolute atomic E-state index is 0.446. The maximum Gasteiger partial charge on any atom is 0.500 e. The number of rotatable bonds is 8. The second-order valence-electron chi connectivity index (χ2n) is 3.62. The van der Waals surface area contributed by atoms with Gasteiger partial charge >= 0.3 is 8.80 Å². The van der Waals surface area contributed by atoms with Crippen molar-refractivity contribution in [2.24, 2.45) is 0 Å². The molecule has 0 saturated carbocycles. The van der Waals surface area contributed by atoms with Crippen LogP contribution >= 0.6 is 0 Å². The molecule has 0 radical (unpaired) electrons. The first-order valence-electron chi connectivity index (χ1n) is 6.46. The second kappa shape index (κ2) is 12.7. The minimum atomic E-state index is -2.27. The summed E-state index contributed by atoms with van der Waals surface area (Å²) in [6.45, 7) is 14.0. The van der Waals surface area contributed by atoms with Crippen molar-refractivity contribution in [2.45, 2.75) is 53.7 Å². The van der Waals surface area contributed by atoms with Gasteiger partial charge in [-0.1, -0.05) is 6.92 Å². The molecule has 0 N–H and O–H groups in total. The zero-order valence-corrected chi connectivity index (χ0v) is 15.5. The summed E-state index contributed by atoms with van der Waals surface area (Å²) in [6, 6.07) is 0.850. The quantitative estimate of drug-likeness (QED) is 0.636. The molecule has 0 aliphatic heterocycles. The zero-order chi connectivity index (χ0) is 13.7. The average Bonchev–Trinajstić information content (AvgIpc) is 2.30. The fraction of sp³-hybridized carbons (Fsp3) is 1.00. The van der Waals surface area contributed by atoms with Gasteiger partial charge in [-0.25, -0.2) is 0 Å². The molecule has 0 fully saturated rings. The summed E-state index contributed by atoms with van der Waals surface area (Å²) in [5, 5.41) is 0. The average molecular weight is 283 g/mol. The minimum Gasteiger partial charge on any atom is -0.426 e. The van der Waals surface area contributed by atoms with Gasteiger partial charge in [-0.2, -0.15) is 0 Å². The highest BCUT2D eigenvalue weighted by atomic mass is 28.4. The second-order valence-corrected chi connectivity index (χ2v) is 7.03. The maximum atomic E-state index is 5.55. The van der Waals surface area contributed by atoms with E-state index >= 15 is 0 Å². The molecule has 0 rings (SSSR count). The van der Waals surface area contributed by atoms with Crippen molar-refractivity contribution in [3.8, 4) is 0 Å². The Kier molecular flexibility index (Phi) is 14.7. The van der Waals surface area contributed by atoms with Crippen LogP contribution in [0.25, 0.3) is 0 Å². The lowest BCUT2D eigenvalue weighted by molar-refractivity contribution is 0.0725. The lowest BCUT2D eigenvalue weighted by Crippen LogP contribution is -2.45. The van der Waals surface area contributed by atoms with E-state index in [0.29, 0.717) is 25.9 Å². The van der Waals surface area contributed by atoms with Gasteiger partial charge in [0.1, 0.15) is 10.5 Å². The molecule has 0 aliphatic rings. The van der Waals surface area contributed by atoms with E-state index in [0.717, 1.165) is 16.5 Å². The Morgan fingerprint density at radius 2 is 1.18 bits per heavy atom. The van der Waals surface area contributed by atoms with Crippen LogP contribution in [0.2, 0.25) is 6.04 Å². The predicted molar refractivity (Wildman–Crippen MR) is 77.3 cm³/mol. The van der Waals surface area contributed by atoms with E-state index in [1.165, 1.54) is 0 Å². The third-order valence-corrected chi connectivity index (χ3v) is 5.99. The Morgan fingerprint density at radius 1 is 0.882 bits per heavy atom. The van der Waals surface area contributed by atoms with Crippen LogP contribution in [0, 0.1) is 0 Å². The van der Waals surface area contributed by atoms with E-state index in [2.05, 4.69) is 0 Å². The molecule has 0 bridgehead atoms. The topological polar surface area (TPSA) is 36.9 Å². The third kappa shape index (κ3) is 11.1. The predicted octanol–water partition coefficient (Wildman–Crippen LogP) is 1.75. The summed E-state index contributed by atoms with van der Waals surface area (Å²) in [5.74, 6) is 0. The van der Waals surface area contributed by atoms with Crippen LogP contribution in [0.15, 0.2) is 0 Å². The highest BCUT2D eigenvalue weighted by molar-refractivity contribution is 6.60. The molecule has 0 atom stereocenters. The summed E-state index contributed by atoms with van der Waals surface area (Å²) >= 11 is 0. The molecule has 6 heteroatoms. The van der Waals surface area contributed by atoms with Crippen LogP contribution < -0.4 is 0 Å². The van der Waals surface area contributed by atoms with Crippen molar-refractivity contribution in [2.75, 3.05) is 19.8 Å². The van der Waals surface area contributed by atoms with Crippen molar-refractivity contribution >= 4 is 19.3 Å². The van der Waals surface area contributed by atoms with Gasteiger partial charge in [0.15, 0.2) is 0 Å².